The van der Waals surface area contributed by atoms with Crippen LogP contribution in [-0.4, -0.2) is 27.2 Å². The average Bonchev–Trinajstić information content (AvgIpc) is 2.84. The van der Waals surface area contributed by atoms with Crippen molar-refractivity contribution in [3.05, 3.63) is 40.9 Å². The number of carboxylic acid groups (broad SMARTS) is 1. The number of anilines is 1. The fourth-order valence-corrected chi connectivity index (χ4v) is 3.69. The van der Waals surface area contributed by atoms with E-state index in [-0.39, 0.29) is 5.91 Å². The third-order valence-electron chi connectivity index (χ3n) is 4.27. The second kappa shape index (κ2) is 5.73. The summed E-state index contributed by atoms with van der Waals surface area (Å²) in [6, 6.07) is 9.87. The molecule has 1 heterocycles. The Balaban J connectivity index is 1.64. The molecule has 0 aliphatic heterocycles. The Hall–Kier alpha value is -2.28. The number of carbonyl (C=O) groups excluding carboxylic acids is 1. The Morgan fingerprint density at radius 1 is 1.22 bits per heavy atom. The quantitative estimate of drug-likeness (QED) is 0.878. The van der Waals surface area contributed by atoms with E-state index in [1.165, 1.54) is 11.3 Å². The Morgan fingerprint density at radius 2 is 1.91 bits per heavy atom. The fraction of sp³-hybridized carbons (Fsp3) is 0.375. The number of benzene rings is 1. The molecule has 1 aromatic heterocycles. The van der Waals surface area contributed by atoms with Gasteiger partial charge in [-0.05, 0) is 11.0 Å². The van der Waals surface area contributed by atoms with E-state index in [1.807, 2.05) is 30.3 Å². The molecule has 0 spiro atoms. The summed E-state index contributed by atoms with van der Waals surface area (Å²) in [5.74, 6) is -2.40. The molecule has 23 heavy (non-hydrogen) atoms. The van der Waals surface area contributed by atoms with Gasteiger partial charge in [0.25, 0.3) is 0 Å². The van der Waals surface area contributed by atoms with Crippen molar-refractivity contribution >= 4 is 28.3 Å². The predicted octanol–water partition coefficient (Wildman–Crippen LogP) is 2.42. The van der Waals surface area contributed by atoms with Crippen molar-refractivity contribution in [3.63, 3.8) is 0 Å². The molecule has 0 radical (unpaired) electrons. The summed E-state index contributed by atoms with van der Waals surface area (Å²) in [6.45, 7) is 3.58. The molecular formula is C16H17N3O3S. The van der Waals surface area contributed by atoms with E-state index in [9.17, 15) is 9.59 Å². The zero-order chi connectivity index (χ0) is 16.6. The van der Waals surface area contributed by atoms with E-state index in [0.717, 1.165) is 10.6 Å². The van der Waals surface area contributed by atoms with Crippen molar-refractivity contribution < 1.29 is 14.7 Å². The van der Waals surface area contributed by atoms with Gasteiger partial charge in [-0.1, -0.05) is 55.5 Å². The summed E-state index contributed by atoms with van der Waals surface area (Å²) < 4.78 is 0. The van der Waals surface area contributed by atoms with Gasteiger partial charge in [0.1, 0.15) is 5.01 Å². The van der Waals surface area contributed by atoms with Crippen molar-refractivity contribution in [1.29, 1.82) is 0 Å². The normalized spacial score (nSPS) is 21.7. The third kappa shape index (κ3) is 3.10. The number of carbonyl (C=O) groups is 2. The lowest BCUT2D eigenvalue weighted by atomic mass is 10.1. The van der Waals surface area contributed by atoms with Crippen molar-refractivity contribution in [2.75, 3.05) is 5.32 Å². The largest absolute Gasteiger partial charge is 0.481 e. The van der Waals surface area contributed by atoms with Gasteiger partial charge in [0.05, 0.1) is 11.8 Å². The standard InChI is InChI=1S/C16H17N3O3S/c1-16(2)11(12(16)14(21)22)13(20)17-15-19-18-10(23-15)8-9-6-4-3-5-7-9/h3-7,11-12H,8H2,1-2H3,(H,21,22)(H,17,19,20)/t11-,12-/m0/s1. The zero-order valence-electron chi connectivity index (χ0n) is 12.8. The summed E-state index contributed by atoms with van der Waals surface area (Å²) in [7, 11) is 0. The highest BCUT2D eigenvalue weighted by Crippen LogP contribution is 2.58. The van der Waals surface area contributed by atoms with E-state index in [1.54, 1.807) is 13.8 Å². The van der Waals surface area contributed by atoms with E-state index in [0.29, 0.717) is 11.6 Å². The van der Waals surface area contributed by atoms with Crippen LogP contribution in [0, 0.1) is 17.3 Å². The van der Waals surface area contributed by atoms with Gasteiger partial charge in [-0.3, -0.25) is 9.59 Å². The summed E-state index contributed by atoms with van der Waals surface area (Å²) in [5.41, 5.74) is 0.601. The van der Waals surface area contributed by atoms with E-state index < -0.39 is 23.2 Å². The summed E-state index contributed by atoms with van der Waals surface area (Å²) in [6.07, 6.45) is 0.654. The number of amides is 1. The Kier molecular flexibility index (Phi) is 3.89. The highest BCUT2D eigenvalue weighted by atomic mass is 32.1. The van der Waals surface area contributed by atoms with Crippen LogP contribution < -0.4 is 5.32 Å². The lowest BCUT2D eigenvalue weighted by molar-refractivity contribution is -0.140. The maximum atomic E-state index is 12.2. The minimum Gasteiger partial charge on any atom is -0.481 e. The molecule has 7 heteroatoms. The Morgan fingerprint density at radius 3 is 2.52 bits per heavy atom. The third-order valence-corrected chi connectivity index (χ3v) is 5.11. The minimum absolute atomic E-state index is 0.301. The van der Waals surface area contributed by atoms with Crippen LogP contribution in [0.15, 0.2) is 30.3 Å². The van der Waals surface area contributed by atoms with E-state index in [4.69, 9.17) is 5.11 Å². The SMILES string of the molecule is CC1(C)[C@H](C(=O)O)[C@H]1C(=O)Nc1nnc(Cc2ccccc2)s1. The van der Waals surface area contributed by atoms with E-state index in [2.05, 4.69) is 15.5 Å². The van der Waals surface area contributed by atoms with Crippen LogP contribution in [-0.2, 0) is 16.0 Å². The molecule has 2 aromatic rings. The average molecular weight is 331 g/mol. The van der Waals surface area contributed by atoms with Gasteiger partial charge in [-0.25, -0.2) is 0 Å². The van der Waals surface area contributed by atoms with Crippen molar-refractivity contribution in [2.24, 2.45) is 17.3 Å². The van der Waals surface area contributed by atoms with Crippen LogP contribution in [0.1, 0.15) is 24.4 Å². The molecule has 120 valence electrons. The molecule has 1 saturated carbocycles. The number of hydrogen-bond donors (Lipinski definition) is 2. The van der Waals surface area contributed by atoms with Gasteiger partial charge in [0, 0.05) is 6.42 Å². The maximum absolute atomic E-state index is 12.2. The van der Waals surface area contributed by atoms with Crippen LogP contribution in [0.5, 0.6) is 0 Å². The van der Waals surface area contributed by atoms with Crippen molar-refractivity contribution in [3.8, 4) is 0 Å². The molecule has 1 aliphatic rings. The number of hydrogen-bond acceptors (Lipinski definition) is 5. The number of nitrogens with zero attached hydrogens (tertiary/aromatic N) is 2. The first kappa shape index (κ1) is 15.6. The Labute approximate surface area is 137 Å². The van der Waals surface area contributed by atoms with Crippen molar-refractivity contribution in [2.45, 2.75) is 20.3 Å². The first-order valence-electron chi connectivity index (χ1n) is 7.29. The summed E-state index contributed by atoms with van der Waals surface area (Å²) in [4.78, 5) is 23.4. The molecule has 0 bridgehead atoms. The minimum atomic E-state index is -0.933. The van der Waals surface area contributed by atoms with Gasteiger partial charge in [-0.2, -0.15) is 0 Å². The molecule has 1 aromatic carbocycles. The highest BCUT2D eigenvalue weighted by Gasteiger charge is 2.66. The van der Waals surface area contributed by atoms with Crippen LogP contribution >= 0.6 is 11.3 Å². The second-order valence-electron chi connectivity index (χ2n) is 6.27. The molecule has 2 atom stereocenters. The topological polar surface area (TPSA) is 92.2 Å². The molecule has 1 fully saturated rings. The monoisotopic (exact) mass is 331 g/mol. The van der Waals surface area contributed by atoms with Crippen LogP contribution in [0.25, 0.3) is 0 Å². The van der Waals surface area contributed by atoms with Crippen LogP contribution in [0.2, 0.25) is 0 Å². The molecular weight excluding hydrogens is 314 g/mol. The molecule has 1 amide bonds. The van der Waals surface area contributed by atoms with Crippen LogP contribution in [0.3, 0.4) is 0 Å². The number of carboxylic acids is 1. The molecule has 3 rings (SSSR count). The molecule has 1 aliphatic carbocycles. The summed E-state index contributed by atoms with van der Waals surface area (Å²) >= 11 is 1.31. The van der Waals surface area contributed by atoms with Gasteiger partial charge in [-0.15, -0.1) is 10.2 Å². The van der Waals surface area contributed by atoms with Crippen molar-refractivity contribution in [1.82, 2.24) is 10.2 Å². The molecule has 0 saturated heterocycles. The molecule has 6 nitrogen and oxygen atoms in total. The number of rotatable bonds is 5. The number of aromatic nitrogens is 2. The summed E-state index contributed by atoms with van der Waals surface area (Å²) in [5, 5.41) is 21.1. The maximum Gasteiger partial charge on any atom is 0.307 e. The van der Waals surface area contributed by atoms with Crippen LogP contribution in [0.4, 0.5) is 5.13 Å². The first-order valence-corrected chi connectivity index (χ1v) is 8.11. The van der Waals surface area contributed by atoms with Gasteiger partial charge in [0.15, 0.2) is 0 Å². The predicted molar refractivity (Wildman–Crippen MR) is 86.2 cm³/mol. The molecule has 2 N–H and O–H groups in total. The lowest BCUT2D eigenvalue weighted by Crippen LogP contribution is -2.17. The smallest absolute Gasteiger partial charge is 0.307 e. The Bertz CT molecular complexity index is 742. The molecule has 0 unspecified atom stereocenters. The second-order valence-corrected chi connectivity index (χ2v) is 7.33. The van der Waals surface area contributed by atoms with Gasteiger partial charge < -0.3 is 10.4 Å². The van der Waals surface area contributed by atoms with E-state index >= 15 is 0 Å². The number of aliphatic carboxylic acids is 1. The highest BCUT2D eigenvalue weighted by molar-refractivity contribution is 7.15. The van der Waals surface area contributed by atoms with Gasteiger partial charge >= 0.3 is 5.97 Å². The van der Waals surface area contributed by atoms with Gasteiger partial charge in [0.2, 0.25) is 11.0 Å². The zero-order valence-corrected chi connectivity index (χ0v) is 13.6. The first-order chi connectivity index (χ1) is 10.9. The fourth-order valence-electron chi connectivity index (χ4n) is 2.92. The lowest BCUT2D eigenvalue weighted by Gasteiger charge is -2.01. The number of nitrogens with one attached hydrogen (secondary N) is 1.